The van der Waals surface area contributed by atoms with Crippen LogP contribution in [0.25, 0.3) is 21.6 Å². The number of nitrogens with one attached hydrogen (secondary N) is 1. The molecular formula is C20H16F2N2O3S2. The van der Waals surface area contributed by atoms with Gasteiger partial charge in [-0.3, -0.25) is 4.72 Å². The average molecular weight is 434 g/mol. The van der Waals surface area contributed by atoms with Crippen LogP contribution < -0.4 is 4.72 Å². The minimum absolute atomic E-state index is 0.0127. The van der Waals surface area contributed by atoms with Crippen LogP contribution in [0.4, 0.5) is 14.5 Å². The molecule has 3 aromatic rings. The van der Waals surface area contributed by atoms with Crippen LogP contribution >= 0.6 is 11.3 Å². The number of hydrogen-bond donors (Lipinski definition) is 2. The second-order valence-electron chi connectivity index (χ2n) is 6.49. The second kappa shape index (κ2) is 7.81. The van der Waals surface area contributed by atoms with Crippen molar-refractivity contribution in [2.75, 3.05) is 4.72 Å². The highest BCUT2D eigenvalue weighted by Crippen LogP contribution is 2.37. The Morgan fingerprint density at radius 2 is 1.76 bits per heavy atom. The fourth-order valence-corrected chi connectivity index (χ4v) is 4.27. The van der Waals surface area contributed by atoms with Crippen molar-refractivity contribution in [3.05, 3.63) is 59.0 Å². The second-order valence-corrected chi connectivity index (χ2v) is 9.64. The summed E-state index contributed by atoms with van der Waals surface area (Å²) in [6.07, 6.45) is 0. The van der Waals surface area contributed by atoms with E-state index in [0.29, 0.717) is 21.7 Å². The lowest BCUT2D eigenvalue weighted by atomic mass is 9.98. The van der Waals surface area contributed by atoms with Crippen LogP contribution in [-0.4, -0.2) is 18.8 Å². The number of phenolic OH excluding ortho intramolecular Hbond substituents is 1. The lowest BCUT2D eigenvalue weighted by Gasteiger charge is -2.12. The molecule has 3 rings (SSSR count). The summed E-state index contributed by atoms with van der Waals surface area (Å²) in [6.45, 7) is 3.15. The van der Waals surface area contributed by atoms with Crippen LogP contribution in [0, 0.1) is 23.0 Å². The maximum absolute atomic E-state index is 14.0. The van der Waals surface area contributed by atoms with E-state index >= 15 is 0 Å². The van der Waals surface area contributed by atoms with Crippen LogP contribution in [0.1, 0.15) is 19.4 Å². The van der Waals surface area contributed by atoms with Gasteiger partial charge in [-0.1, -0.05) is 24.3 Å². The Kier molecular flexibility index (Phi) is 5.59. The highest BCUT2D eigenvalue weighted by Gasteiger charge is 2.20. The number of benzene rings is 2. The summed E-state index contributed by atoms with van der Waals surface area (Å²) in [5.41, 5.74) is 1.07. The molecule has 0 saturated carbocycles. The van der Waals surface area contributed by atoms with Crippen molar-refractivity contribution in [2.24, 2.45) is 0 Å². The molecular weight excluding hydrogens is 418 g/mol. The molecule has 0 spiro atoms. The summed E-state index contributed by atoms with van der Waals surface area (Å²) in [6, 6.07) is 10.7. The molecule has 0 aliphatic rings. The number of nitrogens with zero attached hydrogens (tertiary/aromatic N) is 1. The first kappa shape index (κ1) is 20.8. The molecule has 29 heavy (non-hydrogen) atoms. The summed E-state index contributed by atoms with van der Waals surface area (Å²) >= 11 is 1.34. The van der Waals surface area contributed by atoms with Gasteiger partial charge in [-0.2, -0.15) is 5.26 Å². The molecule has 2 aromatic carbocycles. The molecule has 0 amide bonds. The molecule has 5 nitrogen and oxygen atoms in total. The number of hydrogen-bond acceptors (Lipinski definition) is 5. The Balaban J connectivity index is 2.00. The summed E-state index contributed by atoms with van der Waals surface area (Å²) in [4.78, 5) is 0.685. The van der Waals surface area contributed by atoms with E-state index < -0.39 is 38.2 Å². The van der Waals surface area contributed by atoms with Crippen molar-refractivity contribution in [1.82, 2.24) is 0 Å². The largest absolute Gasteiger partial charge is 0.503 e. The van der Waals surface area contributed by atoms with E-state index in [-0.39, 0.29) is 5.56 Å². The fraction of sp³-hybridized carbons (Fsp3) is 0.150. The van der Waals surface area contributed by atoms with Gasteiger partial charge in [0.25, 0.3) is 0 Å². The zero-order valence-electron chi connectivity index (χ0n) is 15.4. The van der Waals surface area contributed by atoms with Gasteiger partial charge >= 0.3 is 0 Å². The topological polar surface area (TPSA) is 90.2 Å². The normalized spacial score (nSPS) is 11.4. The van der Waals surface area contributed by atoms with E-state index in [1.54, 1.807) is 55.6 Å². The summed E-state index contributed by atoms with van der Waals surface area (Å²) < 4.78 is 54.6. The molecule has 2 N–H and O–H groups in total. The first-order chi connectivity index (χ1) is 13.7. The van der Waals surface area contributed by atoms with Crippen molar-refractivity contribution in [3.63, 3.8) is 0 Å². The highest BCUT2D eigenvalue weighted by molar-refractivity contribution is 7.93. The van der Waals surface area contributed by atoms with Gasteiger partial charge in [-0.05, 0) is 42.5 Å². The Morgan fingerprint density at radius 1 is 1.14 bits per heavy atom. The molecule has 9 heteroatoms. The number of thiophene rings is 1. The van der Waals surface area contributed by atoms with Crippen LogP contribution in [0.5, 0.6) is 5.75 Å². The standard InChI is InChI=1S/C20H16F2N2O3S2/c1-11(2)29(26,27)24-17-7-8-28-20(17)13-5-3-12(4-6-13)14-9-16(21)19(25)18(22)15(14)10-23/h3-9,11,24-25H,1-2H3. The van der Waals surface area contributed by atoms with Gasteiger partial charge in [-0.25, -0.2) is 17.2 Å². The predicted octanol–water partition coefficient (Wildman–Crippen LogP) is 5.09. The van der Waals surface area contributed by atoms with Crippen LogP contribution in [0.15, 0.2) is 41.8 Å². The van der Waals surface area contributed by atoms with Crippen molar-refractivity contribution in [3.8, 4) is 33.4 Å². The van der Waals surface area contributed by atoms with Crippen LogP contribution in [0.3, 0.4) is 0 Å². The number of halogens is 2. The molecule has 0 atom stereocenters. The van der Waals surface area contributed by atoms with E-state index in [1.807, 2.05) is 0 Å². The van der Waals surface area contributed by atoms with Gasteiger partial charge in [0.05, 0.1) is 21.4 Å². The lowest BCUT2D eigenvalue weighted by molar-refractivity contribution is 0.396. The Bertz CT molecular complexity index is 1210. The lowest BCUT2D eigenvalue weighted by Crippen LogP contribution is -2.22. The van der Waals surface area contributed by atoms with Gasteiger partial charge in [0, 0.05) is 5.56 Å². The predicted molar refractivity (Wildman–Crippen MR) is 109 cm³/mol. The molecule has 0 bridgehead atoms. The third-order valence-electron chi connectivity index (χ3n) is 4.30. The maximum atomic E-state index is 14.0. The molecule has 0 saturated heterocycles. The molecule has 0 radical (unpaired) electrons. The zero-order valence-corrected chi connectivity index (χ0v) is 17.0. The third-order valence-corrected chi connectivity index (χ3v) is 7.01. The Hall–Kier alpha value is -2.96. The number of rotatable bonds is 5. The number of aromatic hydroxyl groups is 1. The zero-order chi connectivity index (χ0) is 21.3. The molecule has 1 aromatic heterocycles. The molecule has 1 heterocycles. The summed E-state index contributed by atoms with van der Waals surface area (Å²) in [5, 5.41) is 19.7. The van der Waals surface area contributed by atoms with E-state index in [4.69, 9.17) is 0 Å². The van der Waals surface area contributed by atoms with E-state index in [9.17, 15) is 27.6 Å². The molecule has 0 unspecified atom stereocenters. The number of sulfonamides is 1. The number of nitriles is 1. The van der Waals surface area contributed by atoms with Gasteiger partial charge in [0.15, 0.2) is 17.4 Å². The summed E-state index contributed by atoms with van der Waals surface area (Å²) in [7, 11) is -3.51. The van der Waals surface area contributed by atoms with Gasteiger partial charge in [0.1, 0.15) is 6.07 Å². The fourth-order valence-electron chi connectivity index (χ4n) is 2.63. The highest BCUT2D eigenvalue weighted by atomic mass is 32.2. The minimum atomic E-state index is -3.51. The van der Waals surface area contributed by atoms with E-state index in [2.05, 4.69) is 4.72 Å². The van der Waals surface area contributed by atoms with Crippen molar-refractivity contribution in [2.45, 2.75) is 19.1 Å². The number of phenols is 1. The SMILES string of the molecule is CC(C)S(=O)(=O)Nc1ccsc1-c1ccc(-c2cc(F)c(O)c(F)c2C#N)cc1. The first-order valence-electron chi connectivity index (χ1n) is 8.46. The summed E-state index contributed by atoms with van der Waals surface area (Å²) in [5.74, 6) is -3.66. The third kappa shape index (κ3) is 3.95. The Morgan fingerprint density at radius 3 is 2.34 bits per heavy atom. The van der Waals surface area contributed by atoms with Crippen LogP contribution in [0.2, 0.25) is 0 Å². The van der Waals surface area contributed by atoms with E-state index in [1.165, 1.54) is 11.3 Å². The van der Waals surface area contributed by atoms with E-state index in [0.717, 1.165) is 6.07 Å². The molecule has 0 aliphatic heterocycles. The molecule has 150 valence electrons. The van der Waals surface area contributed by atoms with Gasteiger partial charge in [0.2, 0.25) is 10.0 Å². The monoisotopic (exact) mass is 434 g/mol. The molecule has 0 fully saturated rings. The van der Waals surface area contributed by atoms with Crippen LogP contribution in [-0.2, 0) is 10.0 Å². The molecule has 0 aliphatic carbocycles. The van der Waals surface area contributed by atoms with Crippen molar-refractivity contribution in [1.29, 1.82) is 5.26 Å². The quantitative estimate of drug-likeness (QED) is 0.585. The van der Waals surface area contributed by atoms with Crippen molar-refractivity contribution >= 4 is 27.0 Å². The first-order valence-corrected chi connectivity index (χ1v) is 10.9. The smallest absolute Gasteiger partial charge is 0.235 e. The Labute approximate surface area is 170 Å². The minimum Gasteiger partial charge on any atom is -0.503 e. The van der Waals surface area contributed by atoms with Gasteiger partial charge < -0.3 is 5.11 Å². The average Bonchev–Trinajstić information content (AvgIpc) is 3.13. The number of anilines is 1. The maximum Gasteiger partial charge on any atom is 0.235 e. The van der Waals surface area contributed by atoms with Gasteiger partial charge in [-0.15, -0.1) is 11.3 Å². The van der Waals surface area contributed by atoms with Crippen molar-refractivity contribution < 1.29 is 22.3 Å².